The number of nitrogens with zero attached hydrogens (tertiary/aromatic N) is 3. The van der Waals surface area contributed by atoms with E-state index in [9.17, 15) is 0 Å². The van der Waals surface area contributed by atoms with Crippen molar-refractivity contribution >= 4 is 21.7 Å². The molecule has 0 spiro atoms. The molecular weight excluding hydrogens is 751 g/mol. The molecular formula is C59H39N3. The van der Waals surface area contributed by atoms with Gasteiger partial charge in [0.15, 0.2) is 5.82 Å². The lowest BCUT2D eigenvalue weighted by Crippen LogP contribution is -1.96. The van der Waals surface area contributed by atoms with E-state index in [1.165, 1.54) is 16.5 Å². The molecule has 0 saturated heterocycles. The summed E-state index contributed by atoms with van der Waals surface area (Å²) < 4.78 is 0. The van der Waals surface area contributed by atoms with E-state index in [0.717, 1.165) is 89.0 Å². The molecule has 3 nitrogen and oxygen atoms in total. The SMILES string of the molecule is c1ccc(-c2cccc(-c3cc(-c4cccc(-c5ccccc5)c4)nc(-c4cccc(-c5ccc6ccc7nc(-c8ccccc8)cc(-c8ccccc8)c7c6c5)c4)n3)c2)cc1. The zero-order chi connectivity index (χ0) is 41.2. The predicted molar refractivity (Wildman–Crippen MR) is 258 cm³/mol. The maximum atomic E-state index is 5.30. The van der Waals surface area contributed by atoms with Crippen molar-refractivity contribution in [3.05, 3.63) is 237 Å². The zero-order valence-corrected chi connectivity index (χ0v) is 33.9. The molecule has 3 heteroatoms. The van der Waals surface area contributed by atoms with E-state index in [1.807, 2.05) is 6.07 Å². The summed E-state index contributed by atoms with van der Waals surface area (Å²) in [5.41, 5.74) is 16.9. The van der Waals surface area contributed by atoms with Crippen molar-refractivity contribution in [2.24, 2.45) is 0 Å². The quantitative estimate of drug-likeness (QED) is 0.144. The van der Waals surface area contributed by atoms with Gasteiger partial charge in [-0.25, -0.2) is 15.0 Å². The summed E-state index contributed by atoms with van der Waals surface area (Å²) in [5, 5.41) is 3.47. The summed E-state index contributed by atoms with van der Waals surface area (Å²) in [4.78, 5) is 15.8. The van der Waals surface area contributed by atoms with Crippen LogP contribution >= 0.6 is 0 Å². The van der Waals surface area contributed by atoms with Gasteiger partial charge in [0.2, 0.25) is 0 Å². The molecule has 0 unspecified atom stereocenters. The maximum absolute atomic E-state index is 5.30. The second-order valence-corrected chi connectivity index (χ2v) is 15.6. The first-order valence-corrected chi connectivity index (χ1v) is 21.0. The Morgan fingerprint density at radius 1 is 0.242 bits per heavy atom. The van der Waals surface area contributed by atoms with Gasteiger partial charge in [0.1, 0.15) is 0 Å². The van der Waals surface area contributed by atoms with Crippen molar-refractivity contribution in [2.45, 2.75) is 0 Å². The van der Waals surface area contributed by atoms with E-state index in [2.05, 4.69) is 231 Å². The number of pyridine rings is 1. The fourth-order valence-electron chi connectivity index (χ4n) is 8.52. The van der Waals surface area contributed by atoms with Gasteiger partial charge < -0.3 is 0 Å². The number of hydrogen-bond acceptors (Lipinski definition) is 3. The van der Waals surface area contributed by atoms with Gasteiger partial charge in [-0.2, -0.15) is 0 Å². The molecule has 11 rings (SSSR count). The third kappa shape index (κ3) is 7.23. The molecule has 62 heavy (non-hydrogen) atoms. The highest BCUT2D eigenvalue weighted by atomic mass is 14.9. The summed E-state index contributed by atoms with van der Waals surface area (Å²) in [6.07, 6.45) is 0. The van der Waals surface area contributed by atoms with Gasteiger partial charge in [-0.3, -0.25) is 0 Å². The molecule has 0 fully saturated rings. The third-order valence-corrected chi connectivity index (χ3v) is 11.7. The summed E-state index contributed by atoms with van der Waals surface area (Å²) >= 11 is 0. The van der Waals surface area contributed by atoms with Gasteiger partial charge in [0.25, 0.3) is 0 Å². The van der Waals surface area contributed by atoms with Crippen LogP contribution in [0.4, 0.5) is 0 Å². The minimum atomic E-state index is 0.671. The third-order valence-electron chi connectivity index (χ3n) is 11.7. The lowest BCUT2D eigenvalue weighted by atomic mass is 9.92. The van der Waals surface area contributed by atoms with Gasteiger partial charge in [-0.1, -0.05) is 194 Å². The highest BCUT2D eigenvalue weighted by Gasteiger charge is 2.16. The first-order valence-electron chi connectivity index (χ1n) is 21.0. The number of benzene rings is 9. The fourth-order valence-corrected chi connectivity index (χ4v) is 8.52. The predicted octanol–water partition coefficient (Wildman–Crippen LogP) is 15.5. The van der Waals surface area contributed by atoms with Crippen LogP contribution in [0.3, 0.4) is 0 Å². The van der Waals surface area contributed by atoms with Crippen LogP contribution in [0.2, 0.25) is 0 Å². The Morgan fingerprint density at radius 2 is 0.661 bits per heavy atom. The highest BCUT2D eigenvalue weighted by molar-refractivity contribution is 6.14. The molecule has 0 N–H and O–H groups in total. The van der Waals surface area contributed by atoms with E-state index in [4.69, 9.17) is 15.0 Å². The fraction of sp³-hybridized carbons (Fsp3) is 0. The standard InChI is InChI=1S/C59H39N3/c1-5-16-40(17-6-1)45-24-13-27-49(34-45)56-39-57(50-28-14-25-46(35-50)41-18-7-2-8-19-41)62-59(61-56)51-29-15-26-47(36-51)48-31-30-43-32-33-54-58(52(43)37-48)53(42-20-9-3-10-21-42)38-55(60-54)44-22-11-4-12-23-44/h1-39H. The molecule has 9 aromatic carbocycles. The molecule has 0 aliphatic carbocycles. The van der Waals surface area contributed by atoms with E-state index in [0.29, 0.717) is 5.82 Å². The second kappa shape index (κ2) is 16.1. The van der Waals surface area contributed by atoms with Gasteiger partial charge in [-0.05, 0) is 97.7 Å². The lowest BCUT2D eigenvalue weighted by molar-refractivity contribution is 1.18. The van der Waals surface area contributed by atoms with Crippen molar-refractivity contribution in [2.75, 3.05) is 0 Å². The van der Waals surface area contributed by atoms with Crippen LogP contribution in [0.5, 0.6) is 0 Å². The van der Waals surface area contributed by atoms with Crippen molar-refractivity contribution in [1.82, 2.24) is 15.0 Å². The number of aromatic nitrogens is 3. The molecule has 0 radical (unpaired) electrons. The average Bonchev–Trinajstić information content (AvgIpc) is 3.37. The molecule has 0 bridgehead atoms. The van der Waals surface area contributed by atoms with Crippen LogP contribution < -0.4 is 0 Å². The molecule has 2 heterocycles. The lowest BCUT2D eigenvalue weighted by Gasteiger charge is -2.14. The Kier molecular flexibility index (Phi) is 9.53. The van der Waals surface area contributed by atoms with E-state index in [1.54, 1.807) is 0 Å². The number of rotatable bonds is 8. The van der Waals surface area contributed by atoms with Crippen LogP contribution in [-0.2, 0) is 0 Å². The van der Waals surface area contributed by atoms with Crippen LogP contribution in [0.1, 0.15) is 0 Å². The second-order valence-electron chi connectivity index (χ2n) is 15.6. The Hall–Kier alpha value is -8.27. The summed E-state index contributed by atoms with van der Waals surface area (Å²) in [6, 6.07) is 83.5. The van der Waals surface area contributed by atoms with Gasteiger partial charge in [0, 0.05) is 27.6 Å². The van der Waals surface area contributed by atoms with Crippen molar-refractivity contribution in [3.8, 4) is 89.7 Å². The van der Waals surface area contributed by atoms with E-state index < -0.39 is 0 Å². The Bertz CT molecular complexity index is 3280. The van der Waals surface area contributed by atoms with Crippen molar-refractivity contribution in [3.63, 3.8) is 0 Å². The molecule has 0 aliphatic rings. The average molecular weight is 790 g/mol. The Labute approximate surface area is 361 Å². The molecule has 0 aliphatic heterocycles. The van der Waals surface area contributed by atoms with E-state index in [-0.39, 0.29) is 0 Å². The maximum Gasteiger partial charge on any atom is 0.160 e. The van der Waals surface area contributed by atoms with Gasteiger partial charge >= 0.3 is 0 Å². The van der Waals surface area contributed by atoms with E-state index >= 15 is 0 Å². The van der Waals surface area contributed by atoms with Crippen LogP contribution in [0, 0.1) is 0 Å². The molecule has 11 aromatic rings. The molecule has 0 saturated carbocycles. The number of fused-ring (bicyclic) bond motifs is 3. The minimum Gasteiger partial charge on any atom is -0.248 e. The molecule has 290 valence electrons. The summed E-state index contributed by atoms with van der Waals surface area (Å²) in [6.45, 7) is 0. The zero-order valence-electron chi connectivity index (χ0n) is 33.9. The van der Waals surface area contributed by atoms with Gasteiger partial charge in [-0.15, -0.1) is 0 Å². The molecule has 2 aromatic heterocycles. The van der Waals surface area contributed by atoms with Gasteiger partial charge in [0.05, 0.1) is 22.6 Å². The first-order chi connectivity index (χ1) is 30.7. The Balaban J connectivity index is 1.05. The van der Waals surface area contributed by atoms with Crippen LogP contribution in [-0.4, -0.2) is 15.0 Å². The monoisotopic (exact) mass is 789 g/mol. The molecule has 0 atom stereocenters. The number of hydrogen-bond donors (Lipinski definition) is 0. The normalized spacial score (nSPS) is 11.2. The topological polar surface area (TPSA) is 38.7 Å². The smallest absolute Gasteiger partial charge is 0.160 e. The minimum absolute atomic E-state index is 0.671. The summed E-state index contributed by atoms with van der Waals surface area (Å²) in [7, 11) is 0. The van der Waals surface area contributed by atoms with Crippen LogP contribution in [0.25, 0.3) is 111 Å². The first kappa shape index (κ1) is 36.8. The van der Waals surface area contributed by atoms with Crippen LogP contribution in [0.15, 0.2) is 237 Å². The highest BCUT2D eigenvalue weighted by Crippen LogP contribution is 2.39. The van der Waals surface area contributed by atoms with Crippen molar-refractivity contribution < 1.29 is 0 Å². The Morgan fingerprint density at radius 3 is 1.24 bits per heavy atom. The summed E-state index contributed by atoms with van der Waals surface area (Å²) in [5.74, 6) is 0.671. The molecule has 0 amide bonds. The largest absolute Gasteiger partial charge is 0.248 e. The van der Waals surface area contributed by atoms with Crippen molar-refractivity contribution in [1.29, 1.82) is 0 Å².